The SMILES string of the molecule is C=CCCC1CCC(/C=C/CCC2CCC(CC/C=C/C)CC2)CC1. The summed E-state index contributed by atoms with van der Waals surface area (Å²) < 4.78 is 0. The van der Waals surface area contributed by atoms with Crippen molar-refractivity contribution in [2.75, 3.05) is 0 Å². The zero-order valence-electron chi connectivity index (χ0n) is 16.8. The number of hydrogen-bond acceptors (Lipinski definition) is 0. The minimum absolute atomic E-state index is 0.877. The van der Waals surface area contributed by atoms with Gasteiger partial charge in [-0.05, 0) is 94.8 Å². The number of allylic oxidation sites excluding steroid dienone is 5. The highest BCUT2D eigenvalue weighted by atomic mass is 14.3. The van der Waals surface area contributed by atoms with Gasteiger partial charge in [0, 0.05) is 0 Å². The number of rotatable bonds is 10. The molecule has 0 heteroatoms. The predicted octanol–water partition coefficient (Wildman–Crippen LogP) is 8.26. The Bertz CT molecular complexity index is 386. The molecule has 0 aromatic heterocycles. The standard InChI is InChI=1S/C25H42/c1-3-5-7-11-23-18-20-25(21-19-23)13-9-8-12-24-16-14-22(15-17-24)10-6-4-2/h3-5,8,12,22-25H,2,6-7,9-11,13-21H2,1H3/b5-3+,12-8+. The van der Waals surface area contributed by atoms with Gasteiger partial charge in [0.15, 0.2) is 0 Å². The molecule has 0 heterocycles. The Kier molecular flexibility index (Phi) is 10.3. The lowest BCUT2D eigenvalue weighted by Crippen LogP contribution is -2.14. The third-order valence-electron chi connectivity index (χ3n) is 6.76. The number of hydrogen-bond donors (Lipinski definition) is 0. The smallest absolute Gasteiger partial charge is 0.0233 e. The summed E-state index contributed by atoms with van der Waals surface area (Å²) in [6, 6.07) is 0. The molecule has 0 aliphatic heterocycles. The minimum Gasteiger partial charge on any atom is -0.103 e. The summed E-state index contributed by atoms with van der Waals surface area (Å²) in [5.74, 6) is 3.88. The van der Waals surface area contributed by atoms with E-state index in [1.807, 2.05) is 0 Å². The van der Waals surface area contributed by atoms with Crippen LogP contribution in [0.25, 0.3) is 0 Å². The summed E-state index contributed by atoms with van der Waals surface area (Å²) in [5, 5.41) is 0. The first-order valence-electron chi connectivity index (χ1n) is 11.2. The van der Waals surface area contributed by atoms with Crippen molar-refractivity contribution in [2.24, 2.45) is 23.7 Å². The van der Waals surface area contributed by atoms with Crippen molar-refractivity contribution >= 4 is 0 Å². The largest absolute Gasteiger partial charge is 0.103 e. The van der Waals surface area contributed by atoms with Crippen LogP contribution in [0.5, 0.6) is 0 Å². The third kappa shape index (κ3) is 8.43. The van der Waals surface area contributed by atoms with Crippen molar-refractivity contribution in [3.05, 3.63) is 37.0 Å². The summed E-state index contributed by atoms with van der Waals surface area (Å²) in [7, 11) is 0. The summed E-state index contributed by atoms with van der Waals surface area (Å²) in [4.78, 5) is 0. The van der Waals surface area contributed by atoms with Crippen LogP contribution in [0.2, 0.25) is 0 Å². The second kappa shape index (κ2) is 12.6. The fourth-order valence-electron chi connectivity index (χ4n) is 4.95. The van der Waals surface area contributed by atoms with E-state index in [2.05, 4.69) is 43.9 Å². The molecule has 0 atom stereocenters. The van der Waals surface area contributed by atoms with Crippen LogP contribution in [0.3, 0.4) is 0 Å². The quantitative estimate of drug-likeness (QED) is 0.350. The van der Waals surface area contributed by atoms with Crippen LogP contribution < -0.4 is 0 Å². The maximum Gasteiger partial charge on any atom is -0.0233 e. The highest BCUT2D eigenvalue weighted by molar-refractivity contribution is 4.92. The van der Waals surface area contributed by atoms with Gasteiger partial charge >= 0.3 is 0 Å². The molecular formula is C25H42. The Hall–Kier alpha value is -0.780. The molecule has 0 N–H and O–H groups in total. The highest BCUT2D eigenvalue weighted by Gasteiger charge is 2.20. The molecule has 142 valence electrons. The Balaban J connectivity index is 1.52. The molecule has 0 bridgehead atoms. The summed E-state index contributed by atoms with van der Waals surface area (Å²) in [5.41, 5.74) is 0. The summed E-state index contributed by atoms with van der Waals surface area (Å²) in [6.07, 6.45) is 31.5. The summed E-state index contributed by atoms with van der Waals surface area (Å²) >= 11 is 0. The molecule has 0 aromatic carbocycles. The van der Waals surface area contributed by atoms with Crippen LogP contribution in [0.15, 0.2) is 37.0 Å². The van der Waals surface area contributed by atoms with E-state index >= 15 is 0 Å². The Morgan fingerprint density at radius 2 is 1.16 bits per heavy atom. The van der Waals surface area contributed by atoms with Crippen LogP contribution >= 0.6 is 0 Å². The normalized spacial score (nSPS) is 30.9. The lowest BCUT2D eigenvalue weighted by atomic mass is 9.78. The monoisotopic (exact) mass is 342 g/mol. The van der Waals surface area contributed by atoms with Crippen LogP contribution in [-0.2, 0) is 0 Å². The third-order valence-corrected chi connectivity index (χ3v) is 6.76. The van der Waals surface area contributed by atoms with Gasteiger partial charge in [0.05, 0.1) is 0 Å². The molecule has 0 aromatic rings. The predicted molar refractivity (Wildman–Crippen MR) is 113 cm³/mol. The van der Waals surface area contributed by atoms with E-state index in [4.69, 9.17) is 0 Å². The minimum atomic E-state index is 0.877. The van der Waals surface area contributed by atoms with Crippen molar-refractivity contribution in [1.82, 2.24) is 0 Å². The van der Waals surface area contributed by atoms with Gasteiger partial charge in [-0.15, -0.1) is 6.58 Å². The van der Waals surface area contributed by atoms with Crippen molar-refractivity contribution in [2.45, 2.75) is 96.8 Å². The molecule has 0 nitrogen and oxygen atoms in total. The first-order valence-corrected chi connectivity index (χ1v) is 11.2. The van der Waals surface area contributed by atoms with E-state index in [1.54, 1.807) is 0 Å². The van der Waals surface area contributed by atoms with E-state index in [0.717, 1.165) is 23.7 Å². The van der Waals surface area contributed by atoms with Gasteiger partial charge < -0.3 is 0 Å². The van der Waals surface area contributed by atoms with E-state index in [9.17, 15) is 0 Å². The van der Waals surface area contributed by atoms with Crippen LogP contribution in [0.4, 0.5) is 0 Å². The maximum absolute atomic E-state index is 3.86. The summed E-state index contributed by atoms with van der Waals surface area (Å²) in [6.45, 7) is 5.99. The van der Waals surface area contributed by atoms with Gasteiger partial charge in [-0.1, -0.05) is 56.1 Å². The van der Waals surface area contributed by atoms with Crippen molar-refractivity contribution in [3.63, 3.8) is 0 Å². The zero-order chi connectivity index (χ0) is 17.7. The Labute approximate surface area is 157 Å². The van der Waals surface area contributed by atoms with Crippen molar-refractivity contribution in [3.8, 4) is 0 Å². The average molecular weight is 343 g/mol. The fourth-order valence-corrected chi connectivity index (χ4v) is 4.95. The van der Waals surface area contributed by atoms with Crippen molar-refractivity contribution in [1.29, 1.82) is 0 Å². The van der Waals surface area contributed by atoms with Gasteiger partial charge in [-0.25, -0.2) is 0 Å². The Morgan fingerprint density at radius 3 is 1.68 bits per heavy atom. The second-order valence-electron chi connectivity index (χ2n) is 8.69. The molecular weight excluding hydrogens is 300 g/mol. The molecule has 2 aliphatic rings. The van der Waals surface area contributed by atoms with Crippen LogP contribution in [0.1, 0.15) is 96.8 Å². The van der Waals surface area contributed by atoms with Gasteiger partial charge in [0.1, 0.15) is 0 Å². The molecule has 0 amide bonds. The molecule has 0 saturated heterocycles. The van der Waals surface area contributed by atoms with Crippen molar-refractivity contribution < 1.29 is 0 Å². The molecule has 0 unspecified atom stereocenters. The zero-order valence-corrected chi connectivity index (χ0v) is 16.8. The topological polar surface area (TPSA) is 0 Å². The van der Waals surface area contributed by atoms with Gasteiger partial charge in [-0.2, -0.15) is 0 Å². The molecule has 0 spiro atoms. The van der Waals surface area contributed by atoms with Crippen LogP contribution in [0, 0.1) is 23.7 Å². The highest BCUT2D eigenvalue weighted by Crippen LogP contribution is 2.35. The lowest BCUT2D eigenvalue weighted by molar-refractivity contribution is 0.255. The van der Waals surface area contributed by atoms with Crippen LogP contribution in [-0.4, -0.2) is 0 Å². The van der Waals surface area contributed by atoms with Gasteiger partial charge in [0.25, 0.3) is 0 Å². The Morgan fingerprint density at radius 1 is 0.680 bits per heavy atom. The first-order chi connectivity index (χ1) is 12.3. The van der Waals surface area contributed by atoms with E-state index in [-0.39, 0.29) is 0 Å². The van der Waals surface area contributed by atoms with Gasteiger partial charge in [0.2, 0.25) is 0 Å². The molecule has 0 radical (unpaired) electrons. The molecule has 2 saturated carbocycles. The fraction of sp³-hybridized carbons (Fsp3) is 0.760. The molecule has 25 heavy (non-hydrogen) atoms. The molecule has 2 aliphatic carbocycles. The second-order valence-corrected chi connectivity index (χ2v) is 8.69. The lowest BCUT2D eigenvalue weighted by Gasteiger charge is -2.28. The first kappa shape index (κ1) is 20.5. The average Bonchev–Trinajstić information content (AvgIpc) is 2.66. The van der Waals surface area contributed by atoms with E-state index in [1.165, 1.54) is 89.9 Å². The van der Waals surface area contributed by atoms with E-state index < -0.39 is 0 Å². The molecule has 2 fully saturated rings. The van der Waals surface area contributed by atoms with E-state index in [0.29, 0.717) is 0 Å². The maximum atomic E-state index is 3.86. The molecule has 2 rings (SSSR count). The van der Waals surface area contributed by atoms with Gasteiger partial charge in [-0.3, -0.25) is 0 Å².